The summed E-state index contributed by atoms with van der Waals surface area (Å²) in [7, 11) is 0. The smallest absolute Gasteiger partial charge is 0.223 e. The van der Waals surface area contributed by atoms with Crippen molar-refractivity contribution in [2.75, 3.05) is 6.54 Å². The highest BCUT2D eigenvalue weighted by atomic mass is 16.2. The minimum Gasteiger partial charge on any atom is -0.347 e. The van der Waals surface area contributed by atoms with Crippen LogP contribution in [0.1, 0.15) is 28.9 Å². The Morgan fingerprint density at radius 3 is 2.95 bits per heavy atom. The molecule has 1 aliphatic rings. The molecule has 4 heteroatoms. The van der Waals surface area contributed by atoms with Crippen LogP contribution in [0.15, 0.2) is 30.6 Å². The number of carbonyl (C=O) groups excluding carboxylic acids is 1. The second-order valence-corrected chi connectivity index (χ2v) is 5.38. The van der Waals surface area contributed by atoms with Crippen LogP contribution in [0.3, 0.4) is 0 Å². The molecule has 1 N–H and O–H groups in total. The van der Waals surface area contributed by atoms with E-state index in [4.69, 9.17) is 0 Å². The van der Waals surface area contributed by atoms with Crippen molar-refractivity contribution in [3.05, 3.63) is 53.1 Å². The predicted molar refractivity (Wildman–Crippen MR) is 77.2 cm³/mol. The minimum absolute atomic E-state index is 0.228. The molecule has 104 valence electrons. The van der Waals surface area contributed by atoms with Crippen LogP contribution in [-0.4, -0.2) is 27.3 Å². The van der Waals surface area contributed by atoms with Crippen molar-refractivity contribution in [1.29, 1.82) is 0 Å². The van der Waals surface area contributed by atoms with Crippen LogP contribution < -0.4 is 0 Å². The Morgan fingerprint density at radius 1 is 1.35 bits per heavy atom. The Morgan fingerprint density at radius 2 is 2.15 bits per heavy atom. The van der Waals surface area contributed by atoms with E-state index in [-0.39, 0.29) is 5.91 Å². The highest BCUT2D eigenvalue weighted by Crippen LogP contribution is 2.16. The third-order valence-corrected chi connectivity index (χ3v) is 3.88. The van der Waals surface area contributed by atoms with E-state index in [0.717, 1.165) is 30.8 Å². The van der Waals surface area contributed by atoms with Crippen LogP contribution in [0, 0.1) is 6.92 Å². The van der Waals surface area contributed by atoms with E-state index < -0.39 is 0 Å². The molecule has 2 aromatic rings. The van der Waals surface area contributed by atoms with Crippen LogP contribution in [0.4, 0.5) is 0 Å². The molecule has 0 bridgehead atoms. The fourth-order valence-electron chi connectivity index (χ4n) is 2.59. The van der Waals surface area contributed by atoms with Crippen molar-refractivity contribution in [2.24, 2.45) is 0 Å². The fourth-order valence-corrected chi connectivity index (χ4v) is 2.59. The first kappa shape index (κ1) is 12.9. The number of hydrogen-bond donors (Lipinski definition) is 1. The molecular formula is C16H19N3O. The Labute approximate surface area is 118 Å². The normalized spacial score (nSPS) is 14.2. The van der Waals surface area contributed by atoms with Crippen molar-refractivity contribution in [3.8, 4) is 0 Å². The zero-order valence-electron chi connectivity index (χ0n) is 11.7. The van der Waals surface area contributed by atoms with Crippen molar-refractivity contribution >= 4 is 5.91 Å². The number of nitrogens with zero attached hydrogens (tertiary/aromatic N) is 2. The maximum atomic E-state index is 12.3. The molecule has 0 fully saturated rings. The van der Waals surface area contributed by atoms with E-state index >= 15 is 0 Å². The lowest BCUT2D eigenvalue weighted by atomic mass is 10.1. The molecule has 20 heavy (non-hydrogen) atoms. The molecule has 0 spiro atoms. The maximum Gasteiger partial charge on any atom is 0.223 e. The van der Waals surface area contributed by atoms with E-state index in [1.54, 1.807) is 6.33 Å². The van der Waals surface area contributed by atoms with Crippen molar-refractivity contribution in [1.82, 2.24) is 14.9 Å². The average Bonchev–Trinajstić information content (AvgIpc) is 2.93. The monoisotopic (exact) mass is 269 g/mol. The standard InChI is InChI=1S/C16H19N3O/c1-12-2-4-13(5-3-12)6-7-16(20)19-9-8-14-15(10-19)18-11-17-14/h2-5,11H,6-10H2,1H3,(H,17,18). The molecule has 0 saturated carbocycles. The number of hydrogen-bond acceptors (Lipinski definition) is 2. The van der Waals surface area contributed by atoms with Crippen molar-refractivity contribution < 1.29 is 4.79 Å². The van der Waals surface area contributed by atoms with Crippen LogP contribution >= 0.6 is 0 Å². The number of amides is 1. The number of carbonyl (C=O) groups is 1. The lowest BCUT2D eigenvalue weighted by Gasteiger charge is -2.26. The molecule has 2 heterocycles. The van der Waals surface area contributed by atoms with E-state index in [1.807, 2.05) is 4.90 Å². The Hall–Kier alpha value is -2.10. The summed E-state index contributed by atoms with van der Waals surface area (Å²) in [5.41, 5.74) is 4.67. The summed E-state index contributed by atoms with van der Waals surface area (Å²) < 4.78 is 0. The van der Waals surface area contributed by atoms with Crippen LogP contribution in [0.25, 0.3) is 0 Å². The molecule has 1 aliphatic heterocycles. The van der Waals surface area contributed by atoms with E-state index in [9.17, 15) is 4.79 Å². The fraction of sp³-hybridized carbons (Fsp3) is 0.375. The lowest BCUT2D eigenvalue weighted by Crippen LogP contribution is -2.36. The van der Waals surface area contributed by atoms with Gasteiger partial charge >= 0.3 is 0 Å². The predicted octanol–water partition coefficient (Wildman–Crippen LogP) is 2.24. The Balaban J connectivity index is 1.56. The third kappa shape index (κ3) is 2.74. The van der Waals surface area contributed by atoms with Gasteiger partial charge in [0.1, 0.15) is 0 Å². The number of nitrogens with one attached hydrogen (secondary N) is 1. The second-order valence-electron chi connectivity index (χ2n) is 5.38. The summed E-state index contributed by atoms with van der Waals surface area (Å²) in [6, 6.07) is 8.40. The largest absolute Gasteiger partial charge is 0.347 e. The highest BCUT2D eigenvalue weighted by molar-refractivity contribution is 5.76. The average molecular weight is 269 g/mol. The summed E-state index contributed by atoms with van der Waals surface area (Å²) in [6.07, 6.45) is 3.96. The van der Waals surface area contributed by atoms with Gasteiger partial charge in [0, 0.05) is 19.4 Å². The van der Waals surface area contributed by atoms with Gasteiger partial charge in [0.2, 0.25) is 5.91 Å². The molecule has 3 rings (SSSR count). The van der Waals surface area contributed by atoms with E-state index in [1.165, 1.54) is 11.1 Å². The second kappa shape index (κ2) is 5.49. The molecule has 0 aliphatic carbocycles. The number of aryl methyl sites for hydroxylation is 2. The number of rotatable bonds is 3. The lowest BCUT2D eigenvalue weighted by molar-refractivity contribution is -0.132. The van der Waals surface area contributed by atoms with Gasteiger partial charge in [0.15, 0.2) is 0 Å². The Kier molecular flexibility index (Phi) is 3.54. The number of aromatic nitrogens is 2. The molecule has 0 unspecified atom stereocenters. The zero-order chi connectivity index (χ0) is 13.9. The molecule has 4 nitrogen and oxygen atoms in total. The minimum atomic E-state index is 0.228. The Bertz CT molecular complexity index is 600. The van der Waals surface area contributed by atoms with Crippen molar-refractivity contribution in [3.63, 3.8) is 0 Å². The van der Waals surface area contributed by atoms with Gasteiger partial charge in [-0.25, -0.2) is 4.98 Å². The van der Waals surface area contributed by atoms with Gasteiger partial charge in [-0.3, -0.25) is 4.79 Å². The molecule has 0 radical (unpaired) electrons. The van der Waals surface area contributed by atoms with Gasteiger partial charge in [-0.1, -0.05) is 29.8 Å². The van der Waals surface area contributed by atoms with Gasteiger partial charge in [0.25, 0.3) is 0 Å². The first-order chi connectivity index (χ1) is 9.72. The molecule has 1 aromatic carbocycles. The molecule has 1 amide bonds. The summed E-state index contributed by atoms with van der Waals surface area (Å²) in [4.78, 5) is 21.6. The maximum absolute atomic E-state index is 12.3. The zero-order valence-corrected chi connectivity index (χ0v) is 11.7. The van der Waals surface area contributed by atoms with Gasteiger partial charge in [0.05, 0.1) is 24.3 Å². The summed E-state index contributed by atoms with van der Waals surface area (Å²) in [5, 5.41) is 0. The summed E-state index contributed by atoms with van der Waals surface area (Å²) >= 11 is 0. The van der Waals surface area contributed by atoms with Gasteiger partial charge in [-0.15, -0.1) is 0 Å². The molecule has 0 atom stereocenters. The van der Waals surface area contributed by atoms with Crippen LogP contribution in [-0.2, 0) is 24.2 Å². The third-order valence-electron chi connectivity index (χ3n) is 3.88. The first-order valence-electron chi connectivity index (χ1n) is 7.07. The van der Waals surface area contributed by atoms with E-state index in [0.29, 0.717) is 13.0 Å². The summed E-state index contributed by atoms with van der Waals surface area (Å²) in [5.74, 6) is 0.228. The molecule has 1 aromatic heterocycles. The number of benzene rings is 1. The number of H-pyrrole nitrogens is 1. The first-order valence-corrected chi connectivity index (χ1v) is 7.07. The van der Waals surface area contributed by atoms with Crippen molar-refractivity contribution in [2.45, 2.75) is 32.7 Å². The number of imidazole rings is 1. The topological polar surface area (TPSA) is 49.0 Å². The SMILES string of the molecule is Cc1ccc(CCC(=O)N2CCc3nc[nH]c3C2)cc1. The highest BCUT2D eigenvalue weighted by Gasteiger charge is 2.21. The molecular weight excluding hydrogens is 250 g/mol. The van der Waals surface area contributed by atoms with Gasteiger partial charge < -0.3 is 9.88 Å². The number of aromatic amines is 1. The molecule has 0 saturated heterocycles. The van der Waals surface area contributed by atoms with Crippen LogP contribution in [0.2, 0.25) is 0 Å². The number of fused-ring (bicyclic) bond motifs is 1. The van der Waals surface area contributed by atoms with Gasteiger partial charge in [-0.2, -0.15) is 0 Å². The summed E-state index contributed by atoms with van der Waals surface area (Å²) in [6.45, 7) is 3.53. The quantitative estimate of drug-likeness (QED) is 0.929. The van der Waals surface area contributed by atoms with Gasteiger partial charge in [-0.05, 0) is 18.9 Å². The van der Waals surface area contributed by atoms with Crippen LogP contribution in [0.5, 0.6) is 0 Å². The van der Waals surface area contributed by atoms with E-state index in [2.05, 4.69) is 41.2 Å².